The van der Waals surface area contributed by atoms with Crippen LogP contribution in [0.15, 0.2) is 97.2 Å². The van der Waals surface area contributed by atoms with E-state index in [1.165, 1.54) is 0 Å². The first-order valence-corrected chi connectivity index (χ1v) is 13.9. The first kappa shape index (κ1) is 20.8. The second-order valence-corrected chi connectivity index (χ2v) is 14.6. The van der Waals surface area contributed by atoms with Crippen LogP contribution in [0, 0.1) is 13.8 Å². The zero-order chi connectivity index (χ0) is 22.2. The number of benzene rings is 3. The molecule has 0 unspecified atom stereocenters. The number of fused-ring (bicyclic) bond motifs is 1. The monoisotopic (exact) mass is 458 g/mol. The van der Waals surface area contributed by atoms with Crippen molar-refractivity contribution in [3.8, 4) is 0 Å². The summed E-state index contributed by atoms with van der Waals surface area (Å²) in [7, 11) is 0. The SMILES string of the molecule is Cc1cnc(C)n2nc(CP(Cl)(c3ccccc3)(c3ccccc3)c3ccccc3)nc12. The first-order valence-electron chi connectivity index (χ1n) is 10.6. The number of halogens is 1. The Balaban J connectivity index is 1.85. The molecular formula is C26H24ClN4P. The third-order valence-corrected chi connectivity index (χ3v) is 13.2. The number of rotatable bonds is 5. The quantitative estimate of drug-likeness (QED) is 0.351. The molecule has 32 heavy (non-hydrogen) atoms. The maximum atomic E-state index is 8.14. The van der Waals surface area contributed by atoms with E-state index in [2.05, 4.69) is 77.8 Å². The Morgan fingerprint density at radius 1 is 0.750 bits per heavy atom. The van der Waals surface area contributed by atoms with Crippen LogP contribution in [0.3, 0.4) is 0 Å². The van der Waals surface area contributed by atoms with E-state index >= 15 is 0 Å². The Hall–Kier alpha value is -3.07. The fourth-order valence-corrected chi connectivity index (χ4v) is 10.2. The normalized spacial score (nSPS) is 13.0. The molecule has 0 aliphatic rings. The summed E-state index contributed by atoms with van der Waals surface area (Å²) in [4.78, 5) is 9.39. The van der Waals surface area contributed by atoms with Gasteiger partial charge in [-0.05, 0) is 0 Å². The van der Waals surface area contributed by atoms with E-state index in [1.54, 1.807) is 0 Å². The van der Waals surface area contributed by atoms with Crippen molar-refractivity contribution in [3.05, 3.63) is 114 Å². The van der Waals surface area contributed by atoms with Crippen molar-refractivity contribution in [2.24, 2.45) is 0 Å². The van der Waals surface area contributed by atoms with Crippen molar-refractivity contribution in [2.75, 3.05) is 0 Å². The van der Waals surface area contributed by atoms with Crippen molar-refractivity contribution in [3.63, 3.8) is 0 Å². The molecule has 160 valence electrons. The molecule has 0 aliphatic carbocycles. The van der Waals surface area contributed by atoms with Crippen LogP contribution in [-0.4, -0.2) is 19.6 Å². The third-order valence-electron chi connectivity index (χ3n) is 6.08. The van der Waals surface area contributed by atoms with Crippen molar-refractivity contribution in [2.45, 2.75) is 20.0 Å². The van der Waals surface area contributed by atoms with Gasteiger partial charge in [0.05, 0.1) is 0 Å². The second-order valence-electron chi connectivity index (χ2n) is 8.10. The van der Waals surface area contributed by atoms with Crippen LogP contribution >= 0.6 is 17.2 Å². The molecule has 4 nitrogen and oxygen atoms in total. The number of hydrogen-bond donors (Lipinski definition) is 0. The molecule has 0 saturated heterocycles. The zero-order valence-electron chi connectivity index (χ0n) is 18.1. The summed E-state index contributed by atoms with van der Waals surface area (Å²) in [5, 5.41) is 8.17. The molecule has 0 atom stereocenters. The minimum absolute atomic E-state index is 0.506. The summed E-state index contributed by atoms with van der Waals surface area (Å²) in [6.45, 7) is 3.95. The summed E-state index contributed by atoms with van der Waals surface area (Å²) < 4.78 is 1.82. The molecule has 3 aromatic carbocycles. The molecule has 2 heterocycles. The molecule has 5 rings (SSSR count). The molecule has 0 N–H and O–H groups in total. The molecule has 6 heteroatoms. The molecule has 0 fully saturated rings. The van der Waals surface area contributed by atoms with Gasteiger partial charge in [-0.2, -0.15) is 0 Å². The summed E-state index contributed by atoms with van der Waals surface area (Å²) in [6, 6.07) is 31.2. The van der Waals surface area contributed by atoms with Gasteiger partial charge in [-0.15, -0.1) is 0 Å². The maximum absolute atomic E-state index is 8.14. The summed E-state index contributed by atoms with van der Waals surface area (Å²) in [5.41, 5.74) is 1.81. The van der Waals surface area contributed by atoms with Gasteiger partial charge in [-0.3, -0.25) is 0 Å². The van der Waals surface area contributed by atoms with Crippen LogP contribution in [0.1, 0.15) is 17.2 Å². The minimum atomic E-state index is -3.47. The molecular weight excluding hydrogens is 435 g/mol. The van der Waals surface area contributed by atoms with Gasteiger partial charge in [-0.1, -0.05) is 0 Å². The van der Waals surface area contributed by atoms with Gasteiger partial charge < -0.3 is 0 Å². The van der Waals surface area contributed by atoms with Crippen LogP contribution in [0.2, 0.25) is 0 Å². The van der Waals surface area contributed by atoms with Gasteiger partial charge >= 0.3 is 193 Å². The zero-order valence-corrected chi connectivity index (χ0v) is 19.7. The first-order chi connectivity index (χ1) is 15.5. The van der Waals surface area contributed by atoms with Crippen molar-refractivity contribution >= 4 is 38.8 Å². The number of hydrogen-bond acceptors (Lipinski definition) is 3. The van der Waals surface area contributed by atoms with Gasteiger partial charge in [0, 0.05) is 0 Å². The average Bonchev–Trinajstić information content (AvgIpc) is 3.28. The van der Waals surface area contributed by atoms with E-state index in [-0.39, 0.29) is 0 Å². The van der Waals surface area contributed by atoms with E-state index in [1.807, 2.05) is 42.8 Å². The molecule has 0 spiro atoms. The van der Waals surface area contributed by atoms with Crippen molar-refractivity contribution in [1.82, 2.24) is 19.6 Å². The molecule has 0 radical (unpaired) electrons. The Labute approximate surface area is 192 Å². The van der Waals surface area contributed by atoms with Gasteiger partial charge in [0.1, 0.15) is 0 Å². The van der Waals surface area contributed by atoms with Crippen LogP contribution in [0.4, 0.5) is 0 Å². The standard InChI is InChI=1S/C26H24ClN4P/c1-20-18-28-21(2)31-26(20)29-25(30-31)19-32(27,22-12-6-3-7-13-22,23-14-8-4-9-15-23)24-16-10-5-11-17-24/h3-18H,19H2,1-2H3. The van der Waals surface area contributed by atoms with Gasteiger partial charge in [0.25, 0.3) is 0 Å². The predicted octanol–water partition coefficient (Wildman–Crippen LogP) is 4.92. The van der Waals surface area contributed by atoms with Crippen molar-refractivity contribution < 1.29 is 0 Å². The van der Waals surface area contributed by atoms with Crippen LogP contribution in [-0.2, 0) is 6.16 Å². The average molecular weight is 459 g/mol. The molecule has 0 saturated carbocycles. The van der Waals surface area contributed by atoms with Gasteiger partial charge in [-0.25, -0.2) is 0 Å². The fraction of sp³-hybridized carbons (Fsp3) is 0.115. The van der Waals surface area contributed by atoms with E-state index in [0.29, 0.717) is 12.0 Å². The van der Waals surface area contributed by atoms with Crippen LogP contribution < -0.4 is 15.9 Å². The molecule has 0 bridgehead atoms. The Morgan fingerprint density at radius 2 is 1.22 bits per heavy atom. The number of nitrogens with zero attached hydrogens (tertiary/aromatic N) is 4. The molecule has 2 aromatic heterocycles. The Morgan fingerprint density at radius 3 is 1.66 bits per heavy atom. The Bertz CT molecular complexity index is 1250. The Kier molecular flexibility index (Phi) is 5.08. The fourth-order valence-electron chi connectivity index (χ4n) is 4.41. The van der Waals surface area contributed by atoms with Crippen LogP contribution in [0.5, 0.6) is 0 Å². The molecule has 5 aromatic rings. The summed E-state index contributed by atoms with van der Waals surface area (Å²) >= 11 is 8.14. The van der Waals surface area contributed by atoms with E-state index in [9.17, 15) is 0 Å². The number of aryl methyl sites for hydroxylation is 2. The van der Waals surface area contributed by atoms with E-state index in [0.717, 1.165) is 32.9 Å². The summed E-state index contributed by atoms with van der Waals surface area (Å²) in [6.07, 6.45) is 2.35. The molecule has 0 aliphatic heterocycles. The predicted molar refractivity (Wildman–Crippen MR) is 135 cm³/mol. The van der Waals surface area contributed by atoms with Crippen molar-refractivity contribution in [1.29, 1.82) is 0 Å². The third kappa shape index (κ3) is 3.14. The topological polar surface area (TPSA) is 43.1 Å². The second kappa shape index (κ2) is 7.81. The van der Waals surface area contributed by atoms with Crippen LogP contribution in [0.25, 0.3) is 5.65 Å². The van der Waals surface area contributed by atoms with E-state index < -0.39 is 5.96 Å². The van der Waals surface area contributed by atoms with Gasteiger partial charge in [0.2, 0.25) is 0 Å². The number of aromatic nitrogens is 4. The summed E-state index contributed by atoms with van der Waals surface area (Å²) in [5.74, 6) is -1.95. The van der Waals surface area contributed by atoms with E-state index in [4.69, 9.17) is 21.3 Å². The molecule has 0 amide bonds. The van der Waals surface area contributed by atoms with Gasteiger partial charge in [0.15, 0.2) is 0 Å².